The third-order valence-corrected chi connectivity index (χ3v) is 2.72. The van der Waals surface area contributed by atoms with Gasteiger partial charge in [0, 0.05) is 24.3 Å². The van der Waals surface area contributed by atoms with Gasteiger partial charge in [-0.3, -0.25) is 9.59 Å². The summed E-state index contributed by atoms with van der Waals surface area (Å²) < 4.78 is 0. The summed E-state index contributed by atoms with van der Waals surface area (Å²) in [4.78, 5) is 22.7. The second-order valence-corrected chi connectivity index (χ2v) is 3.70. The van der Waals surface area contributed by atoms with Gasteiger partial charge >= 0.3 is 0 Å². The summed E-state index contributed by atoms with van der Waals surface area (Å²) in [5.41, 5.74) is 0.715. The highest BCUT2D eigenvalue weighted by atomic mass is 16.1. The van der Waals surface area contributed by atoms with E-state index in [1.165, 1.54) is 0 Å². The van der Waals surface area contributed by atoms with E-state index < -0.39 is 0 Å². The predicted octanol–water partition coefficient (Wildman–Crippen LogP) is 2.24. The molecule has 1 aromatic rings. The Labute approximate surface area is 82.9 Å². The third kappa shape index (κ3) is 1.74. The summed E-state index contributed by atoms with van der Waals surface area (Å²) in [7, 11) is 0. The standard InChI is InChI=1S/C12H12O2/c13-11-7-6-10(11)8-12(14)9-4-2-1-3-5-9/h1-5,10H,6-8H2. The lowest BCUT2D eigenvalue weighted by Crippen LogP contribution is -2.27. The number of Topliss-reactive ketones (excluding diaryl/α,β-unsaturated/α-hetero) is 2. The normalized spacial score (nSPS) is 20.3. The fourth-order valence-electron chi connectivity index (χ4n) is 1.65. The van der Waals surface area contributed by atoms with Gasteiger partial charge in [0.15, 0.2) is 5.78 Å². The van der Waals surface area contributed by atoms with E-state index in [1.807, 2.05) is 18.2 Å². The first-order valence-electron chi connectivity index (χ1n) is 4.88. The van der Waals surface area contributed by atoms with Gasteiger partial charge in [-0.05, 0) is 6.42 Å². The molecule has 1 saturated carbocycles. The summed E-state index contributed by atoms with van der Waals surface area (Å²) in [6, 6.07) is 9.16. The van der Waals surface area contributed by atoms with Crippen molar-refractivity contribution in [1.29, 1.82) is 0 Å². The van der Waals surface area contributed by atoms with Crippen molar-refractivity contribution in [2.24, 2.45) is 5.92 Å². The molecule has 0 aromatic heterocycles. The Morgan fingerprint density at radius 1 is 1.29 bits per heavy atom. The lowest BCUT2D eigenvalue weighted by Gasteiger charge is -2.22. The molecule has 0 spiro atoms. The summed E-state index contributed by atoms with van der Waals surface area (Å²) in [6.07, 6.45) is 1.94. The molecule has 1 unspecified atom stereocenters. The van der Waals surface area contributed by atoms with Crippen LogP contribution in [0.2, 0.25) is 0 Å². The van der Waals surface area contributed by atoms with Crippen molar-refractivity contribution in [1.82, 2.24) is 0 Å². The van der Waals surface area contributed by atoms with Crippen LogP contribution in [0.25, 0.3) is 0 Å². The van der Waals surface area contributed by atoms with Crippen LogP contribution >= 0.6 is 0 Å². The van der Waals surface area contributed by atoms with Crippen molar-refractivity contribution in [3.05, 3.63) is 35.9 Å². The first kappa shape index (κ1) is 9.13. The molecule has 0 bridgehead atoms. The van der Waals surface area contributed by atoms with Crippen molar-refractivity contribution >= 4 is 11.6 Å². The zero-order valence-electron chi connectivity index (χ0n) is 7.90. The predicted molar refractivity (Wildman–Crippen MR) is 53.1 cm³/mol. The van der Waals surface area contributed by atoms with E-state index in [0.717, 1.165) is 6.42 Å². The third-order valence-electron chi connectivity index (χ3n) is 2.72. The SMILES string of the molecule is O=C(CC1CCC1=O)c1ccccc1. The summed E-state index contributed by atoms with van der Waals surface area (Å²) in [5, 5.41) is 0. The maximum Gasteiger partial charge on any atom is 0.163 e. The monoisotopic (exact) mass is 188 g/mol. The topological polar surface area (TPSA) is 34.1 Å². The maximum absolute atomic E-state index is 11.6. The number of hydrogen-bond acceptors (Lipinski definition) is 2. The van der Waals surface area contributed by atoms with Gasteiger partial charge in [-0.2, -0.15) is 0 Å². The Morgan fingerprint density at radius 3 is 2.50 bits per heavy atom. The molecular weight excluding hydrogens is 176 g/mol. The molecule has 0 heterocycles. The van der Waals surface area contributed by atoms with Crippen LogP contribution in [-0.4, -0.2) is 11.6 Å². The van der Waals surface area contributed by atoms with Crippen LogP contribution in [0.4, 0.5) is 0 Å². The second-order valence-electron chi connectivity index (χ2n) is 3.70. The van der Waals surface area contributed by atoms with Crippen LogP contribution in [-0.2, 0) is 4.79 Å². The number of carbonyl (C=O) groups is 2. The van der Waals surface area contributed by atoms with Gasteiger partial charge in [-0.1, -0.05) is 30.3 Å². The summed E-state index contributed by atoms with van der Waals surface area (Å²) in [5.74, 6) is 0.334. The van der Waals surface area contributed by atoms with Gasteiger partial charge < -0.3 is 0 Å². The quantitative estimate of drug-likeness (QED) is 0.682. The van der Waals surface area contributed by atoms with Gasteiger partial charge in [0.05, 0.1) is 0 Å². The first-order valence-corrected chi connectivity index (χ1v) is 4.88. The molecule has 2 nitrogen and oxygen atoms in total. The Morgan fingerprint density at radius 2 is 2.00 bits per heavy atom. The van der Waals surface area contributed by atoms with Gasteiger partial charge in [0.1, 0.15) is 5.78 Å². The highest BCUT2D eigenvalue weighted by Gasteiger charge is 2.29. The van der Waals surface area contributed by atoms with Crippen LogP contribution in [0.5, 0.6) is 0 Å². The molecule has 1 aliphatic carbocycles. The summed E-state index contributed by atoms with van der Waals surface area (Å²) in [6.45, 7) is 0. The molecule has 72 valence electrons. The maximum atomic E-state index is 11.6. The van der Waals surface area contributed by atoms with Crippen molar-refractivity contribution in [2.45, 2.75) is 19.3 Å². The van der Waals surface area contributed by atoms with Crippen molar-refractivity contribution in [2.75, 3.05) is 0 Å². The molecule has 1 aliphatic rings. The summed E-state index contributed by atoms with van der Waals surface area (Å²) >= 11 is 0. The Hall–Kier alpha value is -1.44. The van der Waals surface area contributed by atoms with Crippen molar-refractivity contribution in [3.8, 4) is 0 Å². The van der Waals surface area contributed by atoms with Crippen LogP contribution in [0.15, 0.2) is 30.3 Å². The van der Waals surface area contributed by atoms with E-state index in [-0.39, 0.29) is 17.5 Å². The van der Waals surface area contributed by atoms with Crippen LogP contribution in [0.1, 0.15) is 29.6 Å². The van der Waals surface area contributed by atoms with Crippen molar-refractivity contribution < 1.29 is 9.59 Å². The molecule has 2 heteroatoms. The number of benzene rings is 1. The minimum absolute atomic E-state index is 0.00251. The molecular formula is C12H12O2. The van der Waals surface area contributed by atoms with Crippen LogP contribution < -0.4 is 0 Å². The highest BCUT2D eigenvalue weighted by Crippen LogP contribution is 2.26. The highest BCUT2D eigenvalue weighted by molar-refractivity contribution is 6.00. The van der Waals surface area contributed by atoms with Crippen LogP contribution in [0, 0.1) is 5.92 Å². The van der Waals surface area contributed by atoms with Gasteiger partial charge in [0.25, 0.3) is 0 Å². The first-order chi connectivity index (χ1) is 6.77. The number of carbonyl (C=O) groups excluding carboxylic acids is 2. The molecule has 1 atom stereocenters. The van der Waals surface area contributed by atoms with Gasteiger partial charge in [-0.25, -0.2) is 0 Å². The van der Waals surface area contributed by atoms with E-state index in [9.17, 15) is 9.59 Å². The molecule has 0 radical (unpaired) electrons. The molecule has 2 rings (SSSR count). The van der Waals surface area contributed by atoms with E-state index in [1.54, 1.807) is 12.1 Å². The molecule has 1 aromatic carbocycles. The average molecular weight is 188 g/mol. The molecule has 0 saturated heterocycles. The zero-order chi connectivity index (χ0) is 9.97. The lowest BCUT2D eigenvalue weighted by molar-refractivity contribution is -0.129. The Bertz CT molecular complexity index is 354. The van der Waals surface area contributed by atoms with E-state index in [0.29, 0.717) is 18.4 Å². The average Bonchev–Trinajstić information content (AvgIpc) is 2.24. The van der Waals surface area contributed by atoms with Gasteiger partial charge in [-0.15, -0.1) is 0 Å². The fourth-order valence-corrected chi connectivity index (χ4v) is 1.65. The van der Waals surface area contributed by atoms with Crippen molar-refractivity contribution in [3.63, 3.8) is 0 Å². The zero-order valence-corrected chi connectivity index (χ0v) is 7.90. The van der Waals surface area contributed by atoms with E-state index >= 15 is 0 Å². The van der Waals surface area contributed by atoms with E-state index in [4.69, 9.17) is 0 Å². The number of ketones is 2. The largest absolute Gasteiger partial charge is 0.299 e. The fraction of sp³-hybridized carbons (Fsp3) is 0.333. The van der Waals surface area contributed by atoms with Crippen LogP contribution in [0.3, 0.4) is 0 Å². The molecule has 0 aliphatic heterocycles. The Kier molecular flexibility index (Phi) is 2.44. The van der Waals surface area contributed by atoms with Gasteiger partial charge in [0.2, 0.25) is 0 Å². The smallest absolute Gasteiger partial charge is 0.163 e. The minimum atomic E-state index is 0.00251. The molecule has 0 amide bonds. The lowest BCUT2D eigenvalue weighted by atomic mass is 9.79. The molecule has 1 fully saturated rings. The number of hydrogen-bond donors (Lipinski definition) is 0. The second kappa shape index (κ2) is 3.74. The molecule has 0 N–H and O–H groups in total. The molecule has 14 heavy (non-hydrogen) atoms. The minimum Gasteiger partial charge on any atom is -0.299 e. The number of rotatable bonds is 3. The Balaban J connectivity index is 1.99. The van der Waals surface area contributed by atoms with E-state index in [2.05, 4.69) is 0 Å².